The summed E-state index contributed by atoms with van der Waals surface area (Å²) in [6.07, 6.45) is 1.69. The summed E-state index contributed by atoms with van der Waals surface area (Å²) in [4.78, 5) is 25.3. The Labute approximate surface area is 127 Å². The molecule has 0 atom stereocenters. The second kappa shape index (κ2) is 6.67. The number of benzene rings is 1. The van der Waals surface area contributed by atoms with Crippen LogP contribution in [-0.4, -0.2) is 36.3 Å². The zero-order valence-corrected chi connectivity index (χ0v) is 13.0. The lowest BCUT2D eigenvalue weighted by Crippen LogP contribution is -2.27. The average molecular weight is 307 g/mol. The molecule has 112 valence electrons. The van der Waals surface area contributed by atoms with Crippen molar-refractivity contribution in [2.75, 3.05) is 20.3 Å². The predicted molar refractivity (Wildman–Crippen MR) is 82.5 cm³/mol. The second-order valence-electron chi connectivity index (χ2n) is 4.27. The van der Waals surface area contributed by atoms with Gasteiger partial charge < -0.3 is 9.47 Å². The zero-order valence-electron chi connectivity index (χ0n) is 12.2. The molecule has 21 heavy (non-hydrogen) atoms. The van der Waals surface area contributed by atoms with Crippen LogP contribution in [0.3, 0.4) is 0 Å². The van der Waals surface area contributed by atoms with Gasteiger partial charge in [0.15, 0.2) is 11.5 Å². The third-order valence-electron chi connectivity index (χ3n) is 2.98. The van der Waals surface area contributed by atoms with Crippen LogP contribution in [0.2, 0.25) is 0 Å². The molecule has 0 unspecified atom stereocenters. The van der Waals surface area contributed by atoms with E-state index in [2.05, 4.69) is 0 Å². The maximum absolute atomic E-state index is 12.0. The summed E-state index contributed by atoms with van der Waals surface area (Å²) in [5.41, 5.74) is 0.789. The number of nitrogens with zero attached hydrogens (tertiary/aromatic N) is 1. The fourth-order valence-corrected chi connectivity index (χ4v) is 2.88. The number of carbonyl (C=O) groups excluding carboxylic acids is 2. The highest BCUT2D eigenvalue weighted by Crippen LogP contribution is 2.34. The average Bonchev–Trinajstić information content (AvgIpc) is 2.74. The molecule has 0 aliphatic carbocycles. The SMILES string of the molecule is CCOc1ccc(/C=C2\SC(=O)N(CC)C2=O)cc1OC. The van der Waals surface area contributed by atoms with Crippen LogP contribution in [0.4, 0.5) is 4.79 Å². The van der Waals surface area contributed by atoms with Crippen LogP contribution in [0.1, 0.15) is 19.4 Å². The molecule has 2 rings (SSSR count). The normalized spacial score (nSPS) is 16.7. The first kappa shape index (κ1) is 15.4. The molecule has 0 saturated carbocycles. The van der Waals surface area contributed by atoms with E-state index in [-0.39, 0.29) is 11.1 Å². The Kier molecular flexibility index (Phi) is 4.90. The third kappa shape index (κ3) is 3.21. The van der Waals surface area contributed by atoms with Crippen molar-refractivity contribution in [2.24, 2.45) is 0 Å². The summed E-state index contributed by atoms with van der Waals surface area (Å²) in [6, 6.07) is 5.40. The number of hydrogen-bond acceptors (Lipinski definition) is 5. The molecule has 2 amide bonds. The number of amides is 2. The van der Waals surface area contributed by atoms with Crippen LogP contribution in [-0.2, 0) is 4.79 Å². The highest BCUT2D eigenvalue weighted by atomic mass is 32.2. The summed E-state index contributed by atoms with van der Waals surface area (Å²) in [7, 11) is 1.56. The van der Waals surface area contributed by atoms with Gasteiger partial charge >= 0.3 is 0 Å². The molecule has 1 aromatic rings. The van der Waals surface area contributed by atoms with E-state index >= 15 is 0 Å². The number of methoxy groups -OCH3 is 1. The van der Waals surface area contributed by atoms with E-state index in [4.69, 9.17) is 9.47 Å². The standard InChI is InChI=1S/C15H17NO4S/c1-4-16-14(17)13(21-15(16)18)9-10-6-7-11(20-5-2)12(8-10)19-3/h6-9H,4-5H2,1-3H3/b13-9-. The Hall–Kier alpha value is -1.95. The molecule has 1 fully saturated rings. The number of ether oxygens (including phenoxy) is 2. The number of hydrogen-bond donors (Lipinski definition) is 0. The van der Waals surface area contributed by atoms with Crippen LogP contribution in [0.5, 0.6) is 11.5 Å². The first-order valence-electron chi connectivity index (χ1n) is 6.66. The maximum atomic E-state index is 12.0. The number of imide groups is 1. The van der Waals surface area contributed by atoms with E-state index in [0.29, 0.717) is 29.6 Å². The Morgan fingerprint density at radius 3 is 2.57 bits per heavy atom. The molecule has 1 heterocycles. The van der Waals surface area contributed by atoms with Gasteiger partial charge in [0.05, 0.1) is 18.6 Å². The van der Waals surface area contributed by atoms with E-state index < -0.39 is 0 Å². The molecular formula is C15H17NO4S. The van der Waals surface area contributed by atoms with Gasteiger partial charge in [-0.25, -0.2) is 0 Å². The van der Waals surface area contributed by atoms with Crippen molar-refractivity contribution >= 4 is 29.0 Å². The van der Waals surface area contributed by atoms with Crippen molar-refractivity contribution in [1.82, 2.24) is 4.90 Å². The molecule has 0 bridgehead atoms. The Morgan fingerprint density at radius 1 is 1.24 bits per heavy atom. The van der Waals surface area contributed by atoms with Crippen molar-refractivity contribution in [3.8, 4) is 11.5 Å². The summed E-state index contributed by atoms with van der Waals surface area (Å²) in [5, 5.41) is -0.230. The molecule has 6 heteroatoms. The van der Waals surface area contributed by atoms with Crippen LogP contribution in [0.15, 0.2) is 23.1 Å². The quantitative estimate of drug-likeness (QED) is 0.782. The zero-order chi connectivity index (χ0) is 15.4. The smallest absolute Gasteiger partial charge is 0.293 e. The van der Waals surface area contributed by atoms with E-state index in [1.807, 2.05) is 13.0 Å². The van der Waals surface area contributed by atoms with Gasteiger partial charge in [-0.05, 0) is 49.4 Å². The van der Waals surface area contributed by atoms with Gasteiger partial charge in [-0.3, -0.25) is 14.5 Å². The monoisotopic (exact) mass is 307 g/mol. The lowest BCUT2D eigenvalue weighted by molar-refractivity contribution is -0.122. The number of carbonyl (C=O) groups is 2. The minimum atomic E-state index is -0.250. The van der Waals surface area contributed by atoms with Crippen molar-refractivity contribution in [3.05, 3.63) is 28.7 Å². The molecule has 5 nitrogen and oxygen atoms in total. The molecular weight excluding hydrogens is 290 g/mol. The third-order valence-corrected chi connectivity index (χ3v) is 3.88. The van der Waals surface area contributed by atoms with Crippen LogP contribution < -0.4 is 9.47 Å². The summed E-state index contributed by atoms with van der Waals surface area (Å²) in [5.74, 6) is 1.000. The highest BCUT2D eigenvalue weighted by Gasteiger charge is 2.33. The van der Waals surface area contributed by atoms with Crippen LogP contribution >= 0.6 is 11.8 Å². The van der Waals surface area contributed by atoms with Crippen molar-refractivity contribution in [3.63, 3.8) is 0 Å². The van der Waals surface area contributed by atoms with E-state index in [9.17, 15) is 9.59 Å². The summed E-state index contributed by atoms with van der Waals surface area (Å²) in [6.45, 7) is 4.60. The maximum Gasteiger partial charge on any atom is 0.293 e. The molecule has 1 aromatic carbocycles. The van der Waals surface area contributed by atoms with Gasteiger partial charge in [0.25, 0.3) is 11.1 Å². The molecule has 0 aromatic heterocycles. The number of rotatable bonds is 5. The Bertz CT molecular complexity index is 597. The minimum Gasteiger partial charge on any atom is -0.493 e. The number of likely N-dealkylation sites (N-methyl/N-ethyl adjacent to an activating group) is 1. The Morgan fingerprint density at radius 2 is 2.00 bits per heavy atom. The summed E-state index contributed by atoms with van der Waals surface area (Å²) < 4.78 is 10.7. The minimum absolute atomic E-state index is 0.230. The highest BCUT2D eigenvalue weighted by molar-refractivity contribution is 8.18. The van der Waals surface area contributed by atoms with Gasteiger partial charge in [0.1, 0.15) is 0 Å². The van der Waals surface area contributed by atoms with Crippen LogP contribution in [0, 0.1) is 0 Å². The molecule has 0 radical (unpaired) electrons. The topological polar surface area (TPSA) is 55.8 Å². The molecule has 1 aliphatic rings. The van der Waals surface area contributed by atoms with E-state index in [0.717, 1.165) is 17.3 Å². The van der Waals surface area contributed by atoms with Gasteiger partial charge in [-0.1, -0.05) is 6.07 Å². The number of thioether (sulfide) groups is 1. The van der Waals surface area contributed by atoms with Crippen molar-refractivity contribution in [1.29, 1.82) is 0 Å². The first-order chi connectivity index (χ1) is 10.1. The predicted octanol–water partition coefficient (Wildman–Crippen LogP) is 3.15. The molecule has 0 spiro atoms. The van der Waals surface area contributed by atoms with E-state index in [1.165, 1.54) is 4.90 Å². The lowest BCUT2D eigenvalue weighted by Gasteiger charge is -2.10. The fraction of sp³-hybridized carbons (Fsp3) is 0.333. The van der Waals surface area contributed by atoms with Crippen molar-refractivity contribution in [2.45, 2.75) is 13.8 Å². The van der Waals surface area contributed by atoms with Gasteiger partial charge in [0.2, 0.25) is 0 Å². The largest absolute Gasteiger partial charge is 0.493 e. The second-order valence-corrected chi connectivity index (χ2v) is 5.26. The molecule has 1 saturated heterocycles. The lowest BCUT2D eigenvalue weighted by atomic mass is 10.2. The van der Waals surface area contributed by atoms with Crippen LogP contribution in [0.25, 0.3) is 6.08 Å². The Balaban J connectivity index is 2.29. The first-order valence-corrected chi connectivity index (χ1v) is 7.48. The summed E-state index contributed by atoms with van der Waals surface area (Å²) >= 11 is 0.956. The van der Waals surface area contributed by atoms with Gasteiger partial charge in [0, 0.05) is 6.54 Å². The fourth-order valence-electron chi connectivity index (χ4n) is 1.97. The van der Waals surface area contributed by atoms with Crippen molar-refractivity contribution < 1.29 is 19.1 Å². The van der Waals surface area contributed by atoms with Gasteiger partial charge in [-0.2, -0.15) is 0 Å². The molecule has 0 N–H and O–H groups in total. The van der Waals surface area contributed by atoms with E-state index in [1.54, 1.807) is 32.2 Å². The van der Waals surface area contributed by atoms with Gasteiger partial charge in [-0.15, -0.1) is 0 Å². The molecule has 1 aliphatic heterocycles.